The van der Waals surface area contributed by atoms with Gasteiger partial charge in [-0.1, -0.05) is 12.8 Å². The second kappa shape index (κ2) is 3.75. The minimum atomic E-state index is -0.590. The molecule has 4 heteroatoms. The number of carbonyl (C=O) groups excluding carboxylic acids is 2. The van der Waals surface area contributed by atoms with E-state index in [1.54, 1.807) is 0 Å². The van der Waals surface area contributed by atoms with Gasteiger partial charge in [0, 0.05) is 0 Å². The Labute approximate surface area is 95.3 Å². The molecule has 2 aliphatic carbocycles. The fourth-order valence-electron chi connectivity index (χ4n) is 3.50. The van der Waals surface area contributed by atoms with E-state index in [2.05, 4.69) is 0 Å². The first-order valence-electron chi connectivity index (χ1n) is 5.80. The van der Waals surface area contributed by atoms with Crippen LogP contribution in [-0.4, -0.2) is 26.2 Å². The molecule has 2 fully saturated rings. The molecule has 16 heavy (non-hydrogen) atoms. The zero-order valence-electron chi connectivity index (χ0n) is 9.88. The van der Waals surface area contributed by atoms with E-state index >= 15 is 0 Å². The van der Waals surface area contributed by atoms with Crippen molar-refractivity contribution in [2.24, 2.45) is 10.8 Å². The van der Waals surface area contributed by atoms with Crippen LogP contribution < -0.4 is 0 Å². The summed E-state index contributed by atoms with van der Waals surface area (Å²) in [5.74, 6) is -0.465. The molecule has 2 aliphatic rings. The quantitative estimate of drug-likeness (QED) is 0.672. The van der Waals surface area contributed by atoms with Gasteiger partial charge < -0.3 is 9.47 Å². The maximum atomic E-state index is 11.9. The van der Waals surface area contributed by atoms with E-state index in [1.807, 2.05) is 0 Å². The summed E-state index contributed by atoms with van der Waals surface area (Å²) in [6, 6.07) is 0. The molecule has 2 atom stereocenters. The minimum absolute atomic E-state index is 0.233. The van der Waals surface area contributed by atoms with Crippen LogP contribution in [0.25, 0.3) is 0 Å². The second-order valence-corrected chi connectivity index (χ2v) is 4.85. The van der Waals surface area contributed by atoms with Crippen LogP contribution in [0.4, 0.5) is 0 Å². The number of rotatable bonds is 2. The predicted molar refractivity (Wildman–Crippen MR) is 56.6 cm³/mol. The van der Waals surface area contributed by atoms with Crippen LogP contribution in [-0.2, 0) is 19.1 Å². The molecule has 0 aromatic heterocycles. The molecule has 0 aromatic rings. The Morgan fingerprint density at radius 3 is 1.44 bits per heavy atom. The van der Waals surface area contributed by atoms with Gasteiger partial charge in [0.15, 0.2) is 0 Å². The molecule has 0 aliphatic heterocycles. The van der Waals surface area contributed by atoms with Crippen LogP contribution in [0, 0.1) is 10.8 Å². The zero-order valence-corrected chi connectivity index (χ0v) is 9.88. The van der Waals surface area contributed by atoms with Crippen LogP contribution in [0.2, 0.25) is 0 Å². The van der Waals surface area contributed by atoms with Crippen molar-refractivity contribution in [2.75, 3.05) is 14.2 Å². The van der Waals surface area contributed by atoms with Crippen LogP contribution in [0.1, 0.15) is 38.5 Å². The maximum absolute atomic E-state index is 11.9. The molecule has 0 bridgehead atoms. The van der Waals surface area contributed by atoms with Crippen LogP contribution >= 0.6 is 0 Å². The van der Waals surface area contributed by atoms with E-state index in [-0.39, 0.29) is 11.9 Å². The van der Waals surface area contributed by atoms with Gasteiger partial charge in [-0.05, 0) is 25.7 Å². The lowest BCUT2D eigenvalue weighted by Crippen LogP contribution is -2.62. The predicted octanol–water partition coefficient (Wildman–Crippen LogP) is 1.67. The third-order valence-corrected chi connectivity index (χ3v) is 4.50. The molecule has 2 unspecified atom stereocenters. The molecular weight excluding hydrogens is 208 g/mol. The van der Waals surface area contributed by atoms with E-state index < -0.39 is 10.8 Å². The summed E-state index contributed by atoms with van der Waals surface area (Å²) in [5, 5.41) is 0. The van der Waals surface area contributed by atoms with Crippen molar-refractivity contribution in [3.8, 4) is 0 Å². The highest BCUT2D eigenvalue weighted by atomic mass is 16.5. The molecule has 0 radical (unpaired) electrons. The van der Waals surface area contributed by atoms with E-state index in [0.29, 0.717) is 0 Å². The van der Waals surface area contributed by atoms with Crippen molar-refractivity contribution in [3.63, 3.8) is 0 Å². The van der Waals surface area contributed by atoms with E-state index in [1.165, 1.54) is 14.2 Å². The van der Waals surface area contributed by atoms with E-state index in [9.17, 15) is 9.59 Å². The molecule has 0 heterocycles. The average Bonchev–Trinajstić information content (AvgIpc) is 2.29. The first-order valence-corrected chi connectivity index (χ1v) is 5.80. The van der Waals surface area contributed by atoms with Crippen LogP contribution in [0.5, 0.6) is 0 Å². The highest BCUT2D eigenvalue weighted by Gasteiger charge is 2.69. The lowest BCUT2D eigenvalue weighted by molar-refractivity contribution is -0.205. The molecule has 0 spiro atoms. The Bertz CT molecular complexity index is 293. The fourth-order valence-corrected chi connectivity index (χ4v) is 3.50. The van der Waals surface area contributed by atoms with Crippen molar-refractivity contribution in [2.45, 2.75) is 38.5 Å². The first-order chi connectivity index (χ1) is 7.63. The Morgan fingerprint density at radius 1 is 0.812 bits per heavy atom. The van der Waals surface area contributed by atoms with Crippen LogP contribution in [0.3, 0.4) is 0 Å². The fraction of sp³-hybridized carbons (Fsp3) is 0.833. The standard InChI is InChI=1S/C12H18O4/c1-15-9(13)11-5-3-4-6-12(11,8-7-11)10(14)16-2/h3-8H2,1-2H3. The summed E-state index contributed by atoms with van der Waals surface area (Å²) < 4.78 is 9.77. The first kappa shape index (κ1) is 11.4. The number of esters is 2. The molecule has 0 amide bonds. The molecule has 0 N–H and O–H groups in total. The Balaban J connectivity index is 2.35. The smallest absolute Gasteiger partial charge is 0.312 e. The molecule has 90 valence electrons. The summed E-state index contributed by atoms with van der Waals surface area (Å²) in [4.78, 5) is 23.9. The maximum Gasteiger partial charge on any atom is 0.312 e. The van der Waals surface area contributed by atoms with Gasteiger partial charge in [0.05, 0.1) is 25.0 Å². The highest BCUT2D eigenvalue weighted by molar-refractivity contribution is 5.90. The number of fused-ring (bicyclic) bond motifs is 1. The van der Waals surface area contributed by atoms with Crippen LogP contribution in [0.15, 0.2) is 0 Å². The van der Waals surface area contributed by atoms with E-state index in [0.717, 1.165) is 38.5 Å². The SMILES string of the molecule is COC(=O)C12CCCCC1(C(=O)OC)CC2. The summed E-state index contributed by atoms with van der Waals surface area (Å²) in [6.45, 7) is 0. The van der Waals surface area contributed by atoms with E-state index in [4.69, 9.17) is 9.47 Å². The third-order valence-electron chi connectivity index (χ3n) is 4.50. The summed E-state index contributed by atoms with van der Waals surface area (Å²) in [6.07, 6.45) is 5.02. The Morgan fingerprint density at radius 2 is 1.19 bits per heavy atom. The highest BCUT2D eigenvalue weighted by Crippen LogP contribution is 2.65. The molecule has 0 aromatic carbocycles. The Kier molecular flexibility index (Phi) is 2.68. The largest absolute Gasteiger partial charge is 0.469 e. The van der Waals surface area contributed by atoms with Gasteiger partial charge in [-0.15, -0.1) is 0 Å². The molecule has 0 saturated heterocycles. The summed E-state index contributed by atoms with van der Waals surface area (Å²) in [5.41, 5.74) is -1.18. The number of hydrogen-bond donors (Lipinski definition) is 0. The monoisotopic (exact) mass is 226 g/mol. The lowest BCUT2D eigenvalue weighted by atomic mass is 9.44. The van der Waals surface area contributed by atoms with Gasteiger partial charge in [-0.2, -0.15) is 0 Å². The van der Waals surface area contributed by atoms with Gasteiger partial charge in [0.1, 0.15) is 0 Å². The molecule has 2 rings (SSSR count). The summed E-state index contributed by atoms with van der Waals surface area (Å²) in [7, 11) is 2.79. The number of methoxy groups -OCH3 is 2. The van der Waals surface area contributed by atoms with Crippen molar-refractivity contribution in [1.29, 1.82) is 0 Å². The van der Waals surface area contributed by atoms with Crippen molar-refractivity contribution >= 4 is 11.9 Å². The molecular formula is C12H18O4. The van der Waals surface area contributed by atoms with Gasteiger partial charge in [0.2, 0.25) is 0 Å². The van der Waals surface area contributed by atoms with Gasteiger partial charge in [-0.3, -0.25) is 9.59 Å². The Hall–Kier alpha value is -1.06. The number of carbonyl (C=O) groups is 2. The minimum Gasteiger partial charge on any atom is -0.469 e. The molecule has 2 saturated carbocycles. The zero-order chi connectivity index (χ0) is 11.8. The van der Waals surface area contributed by atoms with Crippen molar-refractivity contribution < 1.29 is 19.1 Å². The third kappa shape index (κ3) is 1.16. The van der Waals surface area contributed by atoms with Gasteiger partial charge in [-0.25, -0.2) is 0 Å². The topological polar surface area (TPSA) is 52.6 Å². The van der Waals surface area contributed by atoms with Crippen molar-refractivity contribution in [1.82, 2.24) is 0 Å². The number of ether oxygens (including phenoxy) is 2. The molecule has 4 nitrogen and oxygen atoms in total. The van der Waals surface area contributed by atoms with Crippen molar-refractivity contribution in [3.05, 3.63) is 0 Å². The second-order valence-electron chi connectivity index (χ2n) is 4.85. The summed E-state index contributed by atoms with van der Waals surface area (Å²) >= 11 is 0. The number of hydrogen-bond acceptors (Lipinski definition) is 4. The van der Waals surface area contributed by atoms with Gasteiger partial charge in [0.25, 0.3) is 0 Å². The average molecular weight is 226 g/mol. The normalized spacial score (nSPS) is 36.9. The lowest BCUT2D eigenvalue weighted by Gasteiger charge is -2.57. The van der Waals surface area contributed by atoms with Gasteiger partial charge >= 0.3 is 11.9 Å².